The largest absolute Gasteiger partial charge is 0.455 e. The van der Waals surface area contributed by atoms with Crippen LogP contribution in [0.4, 0.5) is 0 Å². The smallest absolute Gasteiger partial charge is 0.312 e. The van der Waals surface area contributed by atoms with Crippen molar-refractivity contribution in [2.45, 2.75) is 51.2 Å². The van der Waals surface area contributed by atoms with E-state index in [1.807, 2.05) is 105 Å². The highest BCUT2D eigenvalue weighted by molar-refractivity contribution is 5.97. The molecule has 220 valence electrons. The van der Waals surface area contributed by atoms with Crippen LogP contribution in [-0.2, 0) is 9.53 Å². The van der Waals surface area contributed by atoms with Crippen molar-refractivity contribution in [2.75, 3.05) is 13.1 Å². The first-order valence-electron chi connectivity index (χ1n) is 15.4. The summed E-state index contributed by atoms with van der Waals surface area (Å²) in [6.45, 7) is 9.86. The average molecular weight is 573 g/mol. The lowest BCUT2D eigenvalue weighted by molar-refractivity contribution is -0.169. The Morgan fingerprint density at radius 2 is 1.70 bits per heavy atom. The quantitative estimate of drug-likeness (QED) is 0.110. The van der Waals surface area contributed by atoms with E-state index in [0.29, 0.717) is 17.4 Å². The van der Waals surface area contributed by atoms with Gasteiger partial charge in [-0.25, -0.2) is 0 Å². The first kappa shape index (κ1) is 29.0. The molecule has 3 fully saturated rings. The molecule has 5 nitrogen and oxygen atoms in total. The number of carbonyl (C=O) groups excluding carboxylic acids is 2. The van der Waals surface area contributed by atoms with Gasteiger partial charge in [0.05, 0.1) is 17.0 Å². The van der Waals surface area contributed by atoms with Crippen LogP contribution in [-0.4, -0.2) is 40.8 Å². The summed E-state index contributed by atoms with van der Waals surface area (Å²) >= 11 is 0. The van der Waals surface area contributed by atoms with Crippen molar-refractivity contribution < 1.29 is 14.3 Å². The molecule has 0 aliphatic carbocycles. The number of benzene rings is 3. The number of aromatic nitrogens is 1. The Morgan fingerprint density at radius 3 is 2.40 bits per heavy atom. The van der Waals surface area contributed by atoms with Gasteiger partial charge >= 0.3 is 5.97 Å². The van der Waals surface area contributed by atoms with Crippen molar-refractivity contribution in [3.63, 3.8) is 0 Å². The van der Waals surface area contributed by atoms with E-state index in [0.717, 1.165) is 48.0 Å². The van der Waals surface area contributed by atoms with Gasteiger partial charge in [-0.1, -0.05) is 84.9 Å². The third-order valence-electron chi connectivity index (χ3n) is 9.81. The van der Waals surface area contributed by atoms with Crippen LogP contribution >= 0.6 is 0 Å². The van der Waals surface area contributed by atoms with Crippen LogP contribution in [0.3, 0.4) is 0 Å². The van der Waals surface area contributed by atoms with Crippen LogP contribution in [0.5, 0.6) is 0 Å². The van der Waals surface area contributed by atoms with Crippen molar-refractivity contribution in [1.82, 2.24) is 9.88 Å². The molecule has 0 radical (unpaired) electrons. The van der Waals surface area contributed by atoms with Crippen LogP contribution < -0.4 is 0 Å². The number of piperidine rings is 3. The Balaban J connectivity index is 1.36. The zero-order valence-corrected chi connectivity index (χ0v) is 25.1. The minimum Gasteiger partial charge on any atom is -0.455 e. The fourth-order valence-corrected chi connectivity index (χ4v) is 7.22. The van der Waals surface area contributed by atoms with Gasteiger partial charge in [0.2, 0.25) is 0 Å². The number of fused-ring (bicyclic) bond motifs is 4. The number of hydrogen-bond donors (Lipinski definition) is 0. The molecule has 3 aromatic carbocycles. The molecule has 3 saturated heterocycles. The Morgan fingerprint density at radius 1 is 1.00 bits per heavy atom. The maximum atomic E-state index is 14.5. The number of carbonyl (C=O) groups is 2. The molecular weight excluding hydrogens is 532 g/mol. The summed E-state index contributed by atoms with van der Waals surface area (Å²) in [5.41, 5.74) is 2.50. The van der Waals surface area contributed by atoms with Gasteiger partial charge in [0.1, 0.15) is 6.10 Å². The second-order valence-electron chi connectivity index (χ2n) is 12.7. The van der Waals surface area contributed by atoms with E-state index in [2.05, 4.69) is 28.6 Å². The molecule has 7 rings (SSSR count). The summed E-state index contributed by atoms with van der Waals surface area (Å²) in [4.78, 5) is 35.1. The van der Waals surface area contributed by atoms with E-state index in [1.54, 1.807) is 0 Å². The summed E-state index contributed by atoms with van der Waals surface area (Å²) in [5, 5.41) is 1.00. The Bertz CT molecular complexity index is 1590. The molecule has 0 saturated carbocycles. The van der Waals surface area contributed by atoms with E-state index in [4.69, 9.17) is 4.74 Å². The molecule has 4 aromatic rings. The minimum atomic E-state index is -0.973. The Kier molecular flexibility index (Phi) is 8.27. The van der Waals surface area contributed by atoms with Gasteiger partial charge in [0.15, 0.2) is 5.78 Å². The lowest BCUT2D eigenvalue weighted by atomic mass is 9.71. The molecule has 0 spiro atoms. The molecular formula is C38H40N2O3. The Labute approximate surface area is 254 Å². The predicted octanol–water partition coefficient (Wildman–Crippen LogP) is 7.80. The first-order valence-corrected chi connectivity index (χ1v) is 15.4. The average Bonchev–Trinajstić information content (AvgIpc) is 3.06. The standard InChI is InChI=1S/C38H40N2O3/c1-4-26-25-40-22-20-29(26)23-34(40)36(31-19-21-39-33-18-12-11-17-30(31)33)43-37(42)38(2,3)32(27-13-7-5-8-14-27)24-35(41)28-15-9-6-10-16-28/h4-19,21,26,29,32,34,36H,1,20,22-25H2,2-3H3/t26-,29-,32+,34+,36-/m0/s1. The van der Waals surface area contributed by atoms with Gasteiger partial charge in [-0.05, 0) is 62.8 Å². The second kappa shape index (κ2) is 12.3. The Hall–Kier alpha value is -4.09. The molecule has 43 heavy (non-hydrogen) atoms. The van der Waals surface area contributed by atoms with Crippen LogP contribution in [0.1, 0.15) is 66.6 Å². The normalized spacial score (nSPS) is 22.9. The van der Waals surface area contributed by atoms with Crippen LogP contribution in [0, 0.1) is 17.3 Å². The molecule has 3 aliphatic rings. The fourth-order valence-electron chi connectivity index (χ4n) is 7.22. The number of para-hydroxylation sites is 1. The van der Waals surface area contributed by atoms with Crippen molar-refractivity contribution >= 4 is 22.7 Å². The fraction of sp³-hybridized carbons (Fsp3) is 0.342. The molecule has 0 N–H and O–H groups in total. The van der Waals surface area contributed by atoms with E-state index in [-0.39, 0.29) is 30.1 Å². The van der Waals surface area contributed by atoms with Gasteiger partial charge in [0, 0.05) is 41.6 Å². The molecule has 5 heteroatoms. The van der Waals surface area contributed by atoms with Crippen molar-refractivity contribution in [3.8, 4) is 0 Å². The van der Waals surface area contributed by atoms with Crippen LogP contribution in [0.15, 0.2) is 110 Å². The molecule has 2 bridgehead atoms. The summed E-state index contributed by atoms with van der Waals surface area (Å²) in [6.07, 6.45) is 5.73. The summed E-state index contributed by atoms with van der Waals surface area (Å²) in [5.74, 6) is 0.333. The lowest BCUT2D eigenvalue weighted by Gasteiger charge is -2.51. The molecule has 1 unspecified atom stereocenters. The molecule has 0 amide bonds. The molecule has 1 aromatic heterocycles. The van der Waals surface area contributed by atoms with Gasteiger partial charge in [-0.3, -0.25) is 19.5 Å². The highest BCUT2D eigenvalue weighted by atomic mass is 16.5. The highest BCUT2D eigenvalue weighted by Gasteiger charge is 2.47. The summed E-state index contributed by atoms with van der Waals surface area (Å²) in [6, 6.07) is 29.4. The van der Waals surface area contributed by atoms with Crippen LogP contribution in [0.25, 0.3) is 10.9 Å². The van der Waals surface area contributed by atoms with E-state index in [9.17, 15) is 9.59 Å². The zero-order chi connectivity index (χ0) is 30.0. The van der Waals surface area contributed by atoms with Crippen molar-refractivity contribution in [1.29, 1.82) is 0 Å². The summed E-state index contributed by atoms with van der Waals surface area (Å²) in [7, 11) is 0. The number of pyridine rings is 1. The number of ether oxygens (including phenoxy) is 1. The van der Waals surface area contributed by atoms with Gasteiger partial charge in [-0.2, -0.15) is 0 Å². The second-order valence-corrected chi connectivity index (χ2v) is 12.7. The van der Waals surface area contributed by atoms with Gasteiger partial charge in [-0.15, -0.1) is 6.58 Å². The van der Waals surface area contributed by atoms with Gasteiger partial charge in [0.25, 0.3) is 0 Å². The topological polar surface area (TPSA) is 59.5 Å². The highest BCUT2D eigenvalue weighted by Crippen LogP contribution is 2.46. The number of rotatable bonds is 10. The molecule has 3 aliphatic heterocycles. The maximum absolute atomic E-state index is 14.5. The number of nitrogens with zero attached hydrogens (tertiary/aromatic N) is 2. The number of esters is 1. The van der Waals surface area contributed by atoms with Crippen LogP contribution in [0.2, 0.25) is 0 Å². The van der Waals surface area contributed by atoms with E-state index >= 15 is 0 Å². The maximum Gasteiger partial charge on any atom is 0.312 e. The van der Waals surface area contributed by atoms with Crippen molar-refractivity contribution in [3.05, 3.63) is 127 Å². The third-order valence-corrected chi connectivity index (χ3v) is 9.81. The SMILES string of the molecule is C=C[C@H]1CN2CC[C@H]1C[C@@H]2[C@@H](OC(=O)C(C)(C)[C@H](CC(=O)c1ccccc1)c1ccccc1)c1ccnc2ccccc12. The lowest BCUT2D eigenvalue weighted by Crippen LogP contribution is -2.55. The minimum absolute atomic E-state index is 0.0122. The van der Waals surface area contributed by atoms with Gasteiger partial charge < -0.3 is 4.74 Å². The van der Waals surface area contributed by atoms with Crippen molar-refractivity contribution in [2.24, 2.45) is 17.3 Å². The molecule has 4 heterocycles. The number of ketones is 1. The van der Waals surface area contributed by atoms with E-state index in [1.165, 1.54) is 0 Å². The number of hydrogen-bond acceptors (Lipinski definition) is 5. The third kappa shape index (κ3) is 5.79. The number of Topliss-reactive ketones (excluding diaryl/α,β-unsaturated/α-hetero) is 1. The monoisotopic (exact) mass is 572 g/mol. The molecule has 6 atom stereocenters. The van der Waals surface area contributed by atoms with E-state index < -0.39 is 11.5 Å². The predicted molar refractivity (Wildman–Crippen MR) is 171 cm³/mol. The zero-order valence-electron chi connectivity index (χ0n) is 25.1. The first-order chi connectivity index (χ1) is 20.9. The summed E-state index contributed by atoms with van der Waals surface area (Å²) < 4.78 is 6.71.